The molecule has 1 amide bonds. The van der Waals surface area contributed by atoms with Gasteiger partial charge >= 0.3 is 0 Å². The van der Waals surface area contributed by atoms with Gasteiger partial charge in [-0.15, -0.1) is 28.8 Å². The topological polar surface area (TPSA) is 75.1 Å². The van der Waals surface area contributed by atoms with E-state index < -0.39 is 0 Å². The van der Waals surface area contributed by atoms with Gasteiger partial charge in [-0.1, -0.05) is 24.3 Å². The van der Waals surface area contributed by atoms with Gasteiger partial charge in [0.1, 0.15) is 0 Å². The summed E-state index contributed by atoms with van der Waals surface area (Å²) in [6.07, 6.45) is 0. The molecule has 3 aromatic rings. The lowest BCUT2D eigenvalue weighted by atomic mass is 10.3. The first kappa shape index (κ1) is 20.5. The van der Waals surface area contributed by atoms with Crippen LogP contribution in [0.5, 0.6) is 0 Å². The first-order valence-corrected chi connectivity index (χ1v) is 9.97. The largest absolute Gasteiger partial charge is 0.348 e. The van der Waals surface area contributed by atoms with Crippen LogP contribution >= 0.6 is 23.7 Å². The van der Waals surface area contributed by atoms with E-state index in [0.717, 1.165) is 43.3 Å². The van der Waals surface area contributed by atoms with Crippen LogP contribution in [0.4, 0.5) is 0 Å². The summed E-state index contributed by atoms with van der Waals surface area (Å²) < 4.78 is 1.73. The minimum absolute atomic E-state index is 0. The van der Waals surface area contributed by atoms with E-state index in [2.05, 4.69) is 25.6 Å². The summed E-state index contributed by atoms with van der Waals surface area (Å²) in [6, 6.07) is 13.7. The molecule has 0 radical (unpaired) electrons. The van der Waals surface area contributed by atoms with Crippen molar-refractivity contribution in [1.29, 1.82) is 0 Å². The highest BCUT2D eigenvalue weighted by atomic mass is 35.5. The Hall–Kier alpha value is -2.26. The number of hydrogen-bond acceptors (Lipinski definition) is 6. The number of amides is 1. The van der Waals surface area contributed by atoms with Gasteiger partial charge in [0.05, 0.1) is 10.6 Å². The summed E-state index contributed by atoms with van der Waals surface area (Å²) in [6.45, 7) is 5.46. The second kappa shape index (κ2) is 9.79. The highest BCUT2D eigenvalue weighted by molar-refractivity contribution is 7.13. The van der Waals surface area contributed by atoms with E-state index in [1.165, 1.54) is 0 Å². The van der Waals surface area contributed by atoms with Crippen molar-refractivity contribution in [1.82, 2.24) is 30.3 Å². The number of nitrogens with one attached hydrogen (secondary N) is 2. The maximum atomic E-state index is 12.6. The van der Waals surface area contributed by atoms with Crippen LogP contribution in [0.1, 0.15) is 10.6 Å². The SMILES string of the molecule is Cl.O=C(NCCN1CCNCC1)c1nc(-c2cccs2)n(-c2ccccc2)n1. The van der Waals surface area contributed by atoms with Gasteiger partial charge in [-0.05, 0) is 23.6 Å². The molecule has 3 heterocycles. The average molecular weight is 419 g/mol. The minimum atomic E-state index is -0.238. The molecule has 1 fully saturated rings. The number of benzene rings is 1. The first-order valence-electron chi connectivity index (χ1n) is 9.09. The van der Waals surface area contributed by atoms with E-state index in [0.29, 0.717) is 12.4 Å². The molecule has 0 saturated carbocycles. The van der Waals surface area contributed by atoms with Crippen LogP contribution in [-0.4, -0.2) is 64.8 Å². The predicted molar refractivity (Wildman–Crippen MR) is 114 cm³/mol. The molecular weight excluding hydrogens is 396 g/mol. The lowest BCUT2D eigenvalue weighted by molar-refractivity contribution is 0.0937. The highest BCUT2D eigenvalue weighted by Crippen LogP contribution is 2.25. The van der Waals surface area contributed by atoms with Crippen molar-refractivity contribution in [3.05, 3.63) is 53.7 Å². The van der Waals surface area contributed by atoms with Crippen LogP contribution in [-0.2, 0) is 0 Å². The predicted octanol–water partition coefficient (Wildman–Crippen LogP) is 2.05. The molecule has 0 unspecified atom stereocenters. The Bertz CT molecular complexity index is 877. The number of piperazine rings is 1. The number of aromatic nitrogens is 3. The fraction of sp³-hybridized carbons (Fsp3) is 0.316. The fourth-order valence-electron chi connectivity index (χ4n) is 3.06. The third kappa shape index (κ3) is 4.77. The van der Waals surface area contributed by atoms with Crippen molar-refractivity contribution in [2.45, 2.75) is 0 Å². The number of rotatable bonds is 6. The number of carbonyl (C=O) groups excluding carboxylic acids is 1. The fourth-order valence-corrected chi connectivity index (χ4v) is 3.76. The number of nitrogens with zero attached hydrogens (tertiary/aromatic N) is 4. The summed E-state index contributed by atoms with van der Waals surface area (Å²) in [4.78, 5) is 20.4. The second-order valence-electron chi connectivity index (χ2n) is 6.33. The molecule has 1 aliphatic heterocycles. The third-order valence-corrected chi connectivity index (χ3v) is 5.34. The van der Waals surface area contributed by atoms with Crippen molar-refractivity contribution < 1.29 is 4.79 Å². The molecule has 0 bridgehead atoms. The Balaban J connectivity index is 0.00000225. The van der Waals surface area contributed by atoms with Crippen LogP contribution in [0.2, 0.25) is 0 Å². The van der Waals surface area contributed by atoms with E-state index >= 15 is 0 Å². The lowest BCUT2D eigenvalue weighted by Gasteiger charge is -2.26. The van der Waals surface area contributed by atoms with Gasteiger partial charge in [0, 0.05) is 39.3 Å². The smallest absolute Gasteiger partial charge is 0.291 e. The Morgan fingerprint density at radius 1 is 1.14 bits per heavy atom. The van der Waals surface area contributed by atoms with Crippen molar-refractivity contribution in [2.24, 2.45) is 0 Å². The zero-order valence-corrected chi connectivity index (χ0v) is 17.0. The molecule has 2 N–H and O–H groups in total. The van der Waals surface area contributed by atoms with E-state index in [4.69, 9.17) is 0 Å². The summed E-state index contributed by atoms with van der Waals surface area (Å²) in [7, 11) is 0. The molecule has 4 rings (SSSR count). The maximum Gasteiger partial charge on any atom is 0.291 e. The molecule has 9 heteroatoms. The number of thiophene rings is 1. The van der Waals surface area contributed by atoms with Gasteiger partial charge in [0.15, 0.2) is 5.82 Å². The third-order valence-electron chi connectivity index (χ3n) is 4.48. The van der Waals surface area contributed by atoms with Crippen molar-refractivity contribution in [2.75, 3.05) is 39.3 Å². The molecule has 2 aromatic heterocycles. The van der Waals surface area contributed by atoms with Gasteiger partial charge in [-0.3, -0.25) is 9.69 Å². The normalized spacial score (nSPS) is 14.4. The zero-order valence-electron chi connectivity index (χ0n) is 15.4. The molecular formula is C19H23ClN6OS. The van der Waals surface area contributed by atoms with Gasteiger partial charge < -0.3 is 10.6 Å². The van der Waals surface area contributed by atoms with Crippen LogP contribution in [0.15, 0.2) is 47.8 Å². The Morgan fingerprint density at radius 3 is 2.64 bits per heavy atom. The molecule has 1 saturated heterocycles. The lowest BCUT2D eigenvalue weighted by Crippen LogP contribution is -2.46. The van der Waals surface area contributed by atoms with Gasteiger partial charge in [0.25, 0.3) is 5.91 Å². The Morgan fingerprint density at radius 2 is 1.93 bits per heavy atom. The average Bonchev–Trinajstić information content (AvgIpc) is 3.39. The van der Waals surface area contributed by atoms with Crippen molar-refractivity contribution in [3.8, 4) is 16.4 Å². The summed E-state index contributed by atoms with van der Waals surface area (Å²) in [5.41, 5.74) is 0.883. The minimum Gasteiger partial charge on any atom is -0.348 e. The Labute approximate surface area is 174 Å². The highest BCUT2D eigenvalue weighted by Gasteiger charge is 2.19. The summed E-state index contributed by atoms with van der Waals surface area (Å²) in [5.74, 6) is 0.642. The quantitative estimate of drug-likeness (QED) is 0.640. The number of para-hydroxylation sites is 1. The van der Waals surface area contributed by atoms with E-state index in [1.807, 2.05) is 47.8 Å². The van der Waals surface area contributed by atoms with Gasteiger partial charge in [-0.2, -0.15) is 0 Å². The molecule has 148 valence electrons. The zero-order chi connectivity index (χ0) is 18.5. The molecule has 0 atom stereocenters. The number of halogens is 1. The molecule has 1 aliphatic rings. The van der Waals surface area contributed by atoms with Crippen molar-refractivity contribution in [3.63, 3.8) is 0 Å². The van der Waals surface area contributed by atoms with Gasteiger partial charge in [0.2, 0.25) is 5.82 Å². The van der Waals surface area contributed by atoms with Crippen LogP contribution < -0.4 is 10.6 Å². The number of hydrogen-bond donors (Lipinski definition) is 2. The second-order valence-corrected chi connectivity index (χ2v) is 7.28. The van der Waals surface area contributed by atoms with Crippen LogP contribution in [0.25, 0.3) is 16.4 Å². The van der Waals surface area contributed by atoms with Crippen molar-refractivity contribution >= 4 is 29.7 Å². The van der Waals surface area contributed by atoms with Crippen LogP contribution in [0.3, 0.4) is 0 Å². The Kier molecular flexibility index (Phi) is 7.16. The molecule has 28 heavy (non-hydrogen) atoms. The molecule has 0 spiro atoms. The standard InChI is InChI=1S/C19H22N6OS.ClH/c26-19(21-10-13-24-11-8-20-9-12-24)17-22-18(16-7-4-14-27-16)25(23-17)15-5-2-1-3-6-15;/h1-7,14,20H,8-13H2,(H,21,26);1H. The summed E-state index contributed by atoms with van der Waals surface area (Å²) in [5, 5.41) is 12.7. The van der Waals surface area contributed by atoms with E-state index in [9.17, 15) is 4.79 Å². The first-order chi connectivity index (χ1) is 13.3. The van der Waals surface area contributed by atoms with E-state index in [-0.39, 0.29) is 24.1 Å². The molecule has 1 aromatic carbocycles. The monoisotopic (exact) mass is 418 g/mol. The van der Waals surface area contributed by atoms with E-state index in [1.54, 1.807) is 16.0 Å². The van der Waals surface area contributed by atoms with Gasteiger partial charge in [-0.25, -0.2) is 9.67 Å². The maximum absolute atomic E-state index is 12.6. The molecule has 0 aliphatic carbocycles. The summed E-state index contributed by atoms with van der Waals surface area (Å²) >= 11 is 1.58. The number of carbonyl (C=O) groups is 1. The van der Waals surface area contributed by atoms with Crippen LogP contribution in [0, 0.1) is 0 Å². The molecule has 7 nitrogen and oxygen atoms in total.